The molecule has 0 bridgehead atoms. The van der Waals surface area contributed by atoms with Gasteiger partial charge in [0.25, 0.3) is 5.56 Å². The van der Waals surface area contributed by atoms with E-state index in [9.17, 15) is 4.79 Å². The van der Waals surface area contributed by atoms with Crippen molar-refractivity contribution in [2.45, 2.75) is 44.2 Å². The number of halogens is 1. The Morgan fingerprint density at radius 3 is 2.36 bits per heavy atom. The average Bonchev–Trinajstić information content (AvgIpc) is 2.51. The Kier molecular flexibility index (Phi) is 5.43. The second kappa shape index (κ2) is 7.12. The lowest BCUT2D eigenvalue weighted by Gasteiger charge is -2.34. The van der Waals surface area contributed by atoms with Gasteiger partial charge in [0.1, 0.15) is 0 Å². The molecular formula is C18H23ClN2O. The summed E-state index contributed by atoms with van der Waals surface area (Å²) < 4.78 is 1.77. The average molecular weight is 319 g/mol. The molecule has 1 saturated carbocycles. The second-order valence-corrected chi connectivity index (χ2v) is 6.09. The molecule has 2 N–H and O–H groups in total. The summed E-state index contributed by atoms with van der Waals surface area (Å²) in [5.41, 5.74) is 8.57. The molecule has 0 atom stereocenters. The van der Waals surface area contributed by atoms with Gasteiger partial charge in [0, 0.05) is 17.8 Å². The minimum atomic E-state index is -0.260. The summed E-state index contributed by atoms with van der Waals surface area (Å²) in [6, 6.07) is 13.6. The molecule has 0 radical (unpaired) electrons. The first-order valence-electron chi connectivity index (χ1n) is 7.71. The number of hydrogen-bond donors (Lipinski definition) is 1. The van der Waals surface area contributed by atoms with Crippen LogP contribution in [0, 0.1) is 0 Å². The Hall–Kier alpha value is -1.58. The number of pyridine rings is 1. The third-order valence-corrected chi connectivity index (χ3v) is 4.50. The van der Waals surface area contributed by atoms with E-state index >= 15 is 0 Å². The monoisotopic (exact) mass is 318 g/mol. The van der Waals surface area contributed by atoms with Crippen molar-refractivity contribution in [1.29, 1.82) is 0 Å². The maximum atomic E-state index is 12.1. The third kappa shape index (κ3) is 3.60. The van der Waals surface area contributed by atoms with Crippen LogP contribution in [0.5, 0.6) is 0 Å². The Morgan fingerprint density at radius 1 is 1.00 bits per heavy atom. The number of rotatable bonds is 3. The first-order chi connectivity index (χ1) is 10.2. The summed E-state index contributed by atoms with van der Waals surface area (Å²) in [7, 11) is 0. The van der Waals surface area contributed by atoms with Crippen LogP contribution in [0.15, 0.2) is 53.5 Å². The summed E-state index contributed by atoms with van der Waals surface area (Å²) in [6.45, 7) is 0.601. The van der Waals surface area contributed by atoms with E-state index < -0.39 is 0 Å². The summed E-state index contributed by atoms with van der Waals surface area (Å²) in [5, 5.41) is 0. The van der Waals surface area contributed by atoms with Crippen LogP contribution in [0.2, 0.25) is 0 Å². The van der Waals surface area contributed by atoms with Gasteiger partial charge in [-0.15, -0.1) is 12.4 Å². The van der Waals surface area contributed by atoms with Crippen molar-refractivity contribution in [3.63, 3.8) is 0 Å². The predicted molar refractivity (Wildman–Crippen MR) is 92.4 cm³/mol. The van der Waals surface area contributed by atoms with Gasteiger partial charge in [0.05, 0.1) is 6.54 Å². The van der Waals surface area contributed by atoms with E-state index in [0.717, 1.165) is 24.0 Å². The lowest BCUT2D eigenvalue weighted by atomic mass is 9.78. The lowest BCUT2D eigenvalue weighted by Crippen LogP contribution is -2.39. The van der Waals surface area contributed by atoms with Crippen molar-refractivity contribution in [3.8, 4) is 0 Å². The molecule has 1 aliphatic carbocycles. The quantitative estimate of drug-likeness (QED) is 0.942. The second-order valence-electron chi connectivity index (χ2n) is 6.09. The first kappa shape index (κ1) is 16.8. The van der Waals surface area contributed by atoms with E-state index in [1.54, 1.807) is 10.6 Å². The molecule has 0 spiro atoms. The fraction of sp³-hybridized carbons (Fsp3) is 0.389. The van der Waals surface area contributed by atoms with Gasteiger partial charge in [-0.2, -0.15) is 0 Å². The lowest BCUT2D eigenvalue weighted by molar-refractivity contribution is 0.300. The highest BCUT2D eigenvalue weighted by atomic mass is 35.5. The molecule has 1 aromatic carbocycles. The van der Waals surface area contributed by atoms with Crippen LogP contribution in [0.4, 0.5) is 0 Å². The standard InChI is InChI=1S/C18H22N2O.ClH/c19-18(11-5-2-6-12-18)16-9-10-17(21)20(14-16)13-15-7-3-1-4-8-15;/h1,3-4,7-10,14H,2,5-6,11-13,19H2;1H. The molecule has 1 aliphatic rings. The first-order valence-corrected chi connectivity index (χ1v) is 7.71. The van der Waals surface area contributed by atoms with Crippen LogP contribution in [-0.2, 0) is 12.1 Å². The molecule has 3 rings (SSSR count). The molecule has 4 heteroatoms. The molecular weight excluding hydrogens is 296 g/mol. The Labute approximate surface area is 137 Å². The van der Waals surface area contributed by atoms with Crippen molar-refractivity contribution in [3.05, 3.63) is 70.1 Å². The number of nitrogens with two attached hydrogens (primary N) is 1. The number of benzene rings is 1. The van der Waals surface area contributed by atoms with Crippen molar-refractivity contribution in [1.82, 2.24) is 4.57 Å². The zero-order valence-corrected chi connectivity index (χ0v) is 13.5. The van der Waals surface area contributed by atoms with Gasteiger partial charge in [0.2, 0.25) is 0 Å². The molecule has 0 unspecified atom stereocenters. The Bertz CT molecular complexity index is 660. The van der Waals surface area contributed by atoms with Crippen LogP contribution < -0.4 is 11.3 Å². The molecule has 1 fully saturated rings. The van der Waals surface area contributed by atoms with Crippen molar-refractivity contribution < 1.29 is 0 Å². The zero-order chi connectivity index (χ0) is 14.7. The summed E-state index contributed by atoms with van der Waals surface area (Å²) in [6.07, 6.45) is 7.60. The Morgan fingerprint density at radius 2 is 1.68 bits per heavy atom. The largest absolute Gasteiger partial charge is 0.321 e. The smallest absolute Gasteiger partial charge is 0.250 e. The highest BCUT2D eigenvalue weighted by Gasteiger charge is 2.29. The van der Waals surface area contributed by atoms with E-state index in [1.807, 2.05) is 42.6 Å². The van der Waals surface area contributed by atoms with Gasteiger partial charge in [0.15, 0.2) is 0 Å². The molecule has 22 heavy (non-hydrogen) atoms. The molecule has 118 valence electrons. The normalized spacial score (nSPS) is 16.8. The van der Waals surface area contributed by atoms with Crippen molar-refractivity contribution in [2.75, 3.05) is 0 Å². The molecule has 2 aromatic rings. The van der Waals surface area contributed by atoms with Crippen LogP contribution in [-0.4, -0.2) is 4.57 Å². The SMILES string of the molecule is Cl.NC1(c2ccc(=O)n(Cc3ccccc3)c2)CCCCC1. The summed E-state index contributed by atoms with van der Waals surface area (Å²) in [5.74, 6) is 0. The van der Waals surface area contributed by atoms with Crippen LogP contribution in [0.1, 0.15) is 43.2 Å². The van der Waals surface area contributed by atoms with Gasteiger partial charge in [-0.05, 0) is 24.0 Å². The fourth-order valence-electron chi connectivity index (χ4n) is 3.20. The summed E-state index contributed by atoms with van der Waals surface area (Å²) >= 11 is 0. The number of hydrogen-bond acceptors (Lipinski definition) is 2. The molecule has 0 amide bonds. The Balaban J connectivity index is 0.00000176. The van der Waals surface area contributed by atoms with E-state index in [1.165, 1.54) is 19.3 Å². The van der Waals surface area contributed by atoms with Crippen molar-refractivity contribution in [2.24, 2.45) is 5.73 Å². The van der Waals surface area contributed by atoms with E-state index in [4.69, 9.17) is 5.73 Å². The van der Waals surface area contributed by atoms with Gasteiger partial charge >= 0.3 is 0 Å². The molecule has 0 aliphatic heterocycles. The third-order valence-electron chi connectivity index (χ3n) is 4.50. The molecule has 1 heterocycles. The zero-order valence-electron chi connectivity index (χ0n) is 12.7. The fourth-order valence-corrected chi connectivity index (χ4v) is 3.20. The van der Waals surface area contributed by atoms with Crippen LogP contribution >= 0.6 is 12.4 Å². The molecule has 0 saturated heterocycles. The minimum absolute atomic E-state index is 0. The van der Waals surface area contributed by atoms with Crippen LogP contribution in [0.25, 0.3) is 0 Å². The van der Waals surface area contributed by atoms with Crippen molar-refractivity contribution >= 4 is 12.4 Å². The van der Waals surface area contributed by atoms with Gasteiger partial charge in [-0.3, -0.25) is 4.79 Å². The summed E-state index contributed by atoms with van der Waals surface area (Å²) in [4.78, 5) is 12.1. The topological polar surface area (TPSA) is 48.0 Å². The van der Waals surface area contributed by atoms with Gasteiger partial charge in [-0.1, -0.05) is 55.7 Å². The van der Waals surface area contributed by atoms with Crippen LogP contribution in [0.3, 0.4) is 0 Å². The molecule has 3 nitrogen and oxygen atoms in total. The van der Waals surface area contributed by atoms with E-state index in [2.05, 4.69) is 0 Å². The minimum Gasteiger partial charge on any atom is -0.321 e. The number of nitrogens with zero attached hydrogens (tertiary/aromatic N) is 1. The van der Waals surface area contributed by atoms with Gasteiger partial charge in [-0.25, -0.2) is 0 Å². The van der Waals surface area contributed by atoms with E-state index in [-0.39, 0.29) is 23.5 Å². The maximum absolute atomic E-state index is 12.1. The predicted octanol–water partition coefficient (Wildman–Crippen LogP) is 3.44. The highest BCUT2D eigenvalue weighted by Crippen LogP contribution is 2.34. The highest BCUT2D eigenvalue weighted by molar-refractivity contribution is 5.85. The maximum Gasteiger partial charge on any atom is 0.250 e. The number of aromatic nitrogens is 1. The molecule has 1 aromatic heterocycles. The van der Waals surface area contributed by atoms with E-state index in [0.29, 0.717) is 6.54 Å². The van der Waals surface area contributed by atoms with Gasteiger partial charge < -0.3 is 10.3 Å².